The first kappa shape index (κ1) is 18.7. The lowest BCUT2D eigenvalue weighted by molar-refractivity contribution is 0.594. The molecule has 5 nitrogen and oxygen atoms in total. The highest BCUT2D eigenvalue weighted by Gasteiger charge is 2.33. The van der Waals surface area contributed by atoms with Crippen LogP contribution < -0.4 is 0 Å². The monoisotopic (exact) mass is 449 g/mol. The molecule has 33 heavy (non-hydrogen) atoms. The van der Waals surface area contributed by atoms with Gasteiger partial charge in [0.2, 0.25) is 9.84 Å². The number of aryl methyl sites for hydroxylation is 1. The first-order valence-electron chi connectivity index (χ1n) is 11.0. The number of hydrogen-bond donors (Lipinski definition) is 0. The maximum Gasteiger partial charge on any atom is 0.210 e. The topological polar surface area (TPSA) is 56.9 Å². The van der Waals surface area contributed by atoms with Gasteiger partial charge in [0.05, 0.1) is 37.5 Å². The number of rotatable bonds is 2. The highest BCUT2D eigenvalue weighted by molar-refractivity contribution is 7.92. The van der Waals surface area contributed by atoms with E-state index in [4.69, 9.17) is 4.98 Å². The van der Waals surface area contributed by atoms with Gasteiger partial charge in [0.1, 0.15) is 5.82 Å². The molecular formula is C27H19N3O2S. The van der Waals surface area contributed by atoms with Gasteiger partial charge in [0, 0.05) is 22.9 Å². The smallest absolute Gasteiger partial charge is 0.210 e. The molecule has 1 aliphatic heterocycles. The van der Waals surface area contributed by atoms with E-state index in [0.717, 1.165) is 33.3 Å². The first-order valence-corrected chi connectivity index (χ1v) is 12.5. The molecule has 0 unspecified atom stereocenters. The molecule has 0 fully saturated rings. The van der Waals surface area contributed by atoms with Crippen molar-refractivity contribution in [2.45, 2.75) is 23.1 Å². The Labute approximate surface area is 190 Å². The van der Waals surface area contributed by atoms with Crippen LogP contribution in [0, 0.1) is 0 Å². The number of nitrogens with zero attached hydrogens (tertiary/aromatic N) is 3. The number of benzene rings is 4. The van der Waals surface area contributed by atoms with Gasteiger partial charge in [0.25, 0.3) is 0 Å². The summed E-state index contributed by atoms with van der Waals surface area (Å²) in [5, 5.41) is 2.28. The van der Waals surface area contributed by atoms with Crippen molar-refractivity contribution in [3.63, 3.8) is 0 Å². The Morgan fingerprint density at radius 3 is 2.15 bits per heavy atom. The Kier molecular flexibility index (Phi) is 3.58. The summed E-state index contributed by atoms with van der Waals surface area (Å²) in [4.78, 5) is 5.35. The van der Waals surface area contributed by atoms with Crippen LogP contribution in [0.2, 0.25) is 0 Å². The fourth-order valence-corrected chi connectivity index (χ4v) is 6.87. The summed E-state index contributed by atoms with van der Waals surface area (Å²) in [5.74, 6) is 0.859. The summed E-state index contributed by atoms with van der Waals surface area (Å²) in [6.07, 6.45) is 0.711. The predicted octanol–water partition coefficient (Wildman–Crippen LogP) is 5.83. The molecular weight excluding hydrogens is 430 g/mol. The van der Waals surface area contributed by atoms with Crippen LogP contribution in [-0.4, -0.2) is 22.5 Å². The maximum atomic E-state index is 13.8. The van der Waals surface area contributed by atoms with Crippen molar-refractivity contribution < 1.29 is 8.42 Å². The average molecular weight is 450 g/mol. The van der Waals surface area contributed by atoms with Crippen LogP contribution in [0.4, 0.5) is 0 Å². The molecule has 0 bridgehead atoms. The summed E-state index contributed by atoms with van der Waals surface area (Å²) >= 11 is 0. The molecule has 160 valence electrons. The van der Waals surface area contributed by atoms with Gasteiger partial charge in [-0.2, -0.15) is 0 Å². The standard InChI is InChI=1S/C27H19N3O2S/c1-2-26-28-20-10-7-13-24-27(20)30(26)23-15-14-17(16-25(23)33(24,31)32)29-21-11-5-3-8-18(21)19-9-4-6-12-22(19)29/h3-16H,2H2,1H3. The second kappa shape index (κ2) is 6.33. The molecule has 0 radical (unpaired) electrons. The molecule has 7 rings (SSSR count). The Morgan fingerprint density at radius 2 is 1.45 bits per heavy atom. The van der Waals surface area contributed by atoms with E-state index < -0.39 is 9.84 Å². The van der Waals surface area contributed by atoms with Crippen LogP contribution in [0.3, 0.4) is 0 Å². The van der Waals surface area contributed by atoms with Crippen molar-refractivity contribution in [2.24, 2.45) is 0 Å². The fourth-order valence-electron chi connectivity index (χ4n) is 5.22. The third-order valence-corrected chi connectivity index (χ3v) is 8.44. The largest absolute Gasteiger partial charge is 0.309 e. The summed E-state index contributed by atoms with van der Waals surface area (Å²) in [7, 11) is -3.70. The van der Waals surface area contributed by atoms with Crippen LogP contribution in [0.5, 0.6) is 0 Å². The van der Waals surface area contributed by atoms with Gasteiger partial charge in [-0.15, -0.1) is 0 Å². The first-order chi connectivity index (χ1) is 16.1. The molecule has 4 aromatic carbocycles. The molecule has 0 aliphatic carbocycles. The van der Waals surface area contributed by atoms with Gasteiger partial charge in [-0.1, -0.05) is 49.4 Å². The van der Waals surface area contributed by atoms with E-state index in [9.17, 15) is 8.42 Å². The van der Waals surface area contributed by atoms with Gasteiger partial charge in [-0.3, -0.25) is 4.57 Å². The van der Waals surface area contributed by atoms with Gasteiger partial charge in [-0.25, -0.2) is 13.4 Å². The second-order valence-electron chi connectivity index (χ2n) is 8.37. The molecule has 0 amide bonds. The zero-order valence-electron chi connectivity index (χ0n) is 17.9. The van der Waals surface area contributed by atoms with Crippen molar-refractivity contribution >= 4 is 42.7 Å². The lowest BCUT2D eigenvalue weighted by Gasteiger charge is -2.22. The predicted molar refractivity (Wildman–Crippen MR) is 130 cm³/mol. The Morgan fingerprint density at radius 1 is 0.758 bits per heavy atom. The Balaban J connectivity index is 1.59. The molecule has 0 saturated heterocycles. The summed E-state index contributed by atoms with van der Waals surface area (Å²) in [6, 6.07) is 27.5. The number of para-hydroxylation sites is 3. The lowest BCUT2D eigenvalue weighted by Crippen LogP contribution is -2.16. The van der Waals surface area contributed by atoms with Crippen molar-refractivity contribution in [1.29, 1.82) is 0 Å². The minimum absolute atomic E-state index is 0.314. The molecule has 3 heterocycles. The third-order valence-electron chi connectivity index (χ3n) is 6.63. The van der Waals surface area contributed by atoms with E-state index in [1.165, 1.54) is 0 Å². The molecule has 0 saturated carbocycles. The summed E-state index contributed by atoms with van der Waals surface area (Å²) < 4.78 is 31.7. The van der Waals surface area contributed by atoms with Crippen molar-refractivity contribution in [1.82, 2.24) is 14.1 Å². The van der Waals surface area contributed by atoms with E-state index in [1.54, 1.807) is 12.1 Å². The molecule has 2 aromatic heterocycles. The Hall–Kier alpha value is -3.90. The number of fused-ring (bicyclic) bond motifs is 5. The van der Waals surface area contributed by atoms with Crippen LogP contribution in [-0.2, 0) is 16.3 Å². The quantitative estimate of drug-likeness (QED) is 0.334. The van der Waals surface area contributed by atoms with Gasteiger partial charge in [-0.05, 0) is 42.5 Å². The number of hydrogen-bond acceptors (Lipinski definition) is 3. The van der Waals surface area contributed by atoms with Gasteiger partial charge >= 0.3 is 0 Å². The number of sulfone groups is 1. The second-order valence-corrected chi connectivity index (χ2v) is 10.3. The minimum Gasteiger partial charge on any atom is -0.309 e. The molecule has 0 atom stereocenters. The normalized spacial score (nSPS) is 14.2. The zero-order valence-corrected chi connectivity index (χ0v) is 18.7. The van der Waals surface area contributed by atoms with E-state index in [1.807, 2.05) is 60.0 Å². The molecule has 6 aromatic rings. The summed E-state index contributed by atoms with van der Waals surface area (Å²) in [6.45, 7) is 2.04. The van der Waals surface area contributed by atoms with Crippen LogP contribution in [0.25, 0.3) is 44.2 Å². The molecule has 0 N–H and O–H groups in total. The summed E-state index contributed by atoms with van der Waals surface area (Å²) in [5.41, 5.74) is 4.97. The van der Waals surface area contributed by atoms with Crippen molar-refractivity contribution in [3.05, 3.63) is 90.8 Å². The number of imidazole rings is 1. The third kappa shape index (κ3) is 2.31. The minimum atomic E-state index is -3.70. The van der Waals surface area contributed by atoms with E-state index in [-0.39, 0.29) is 0 Å². The van der Waals surface area contributed by atoms with Crippen molar-refractivity contribution in [2.75, 3.05) is 0 Å². The van der Waals surface area contributed by atoms with Gasteiger partial charge in [0.15, 0.2) is 0 Å². The molecule has 0 spiro atoms. The van der Waals surface area contributed by atoms with Gasteiger partial charge < -0.3 is 4.57 Å². The Bertz CT molecular complexity index is 1820. The fraction of sp³-hybridized carbons (Fsp3) is 0.0741. The van der Waals surface area contributed by atoms with E-state index in [0.29, 0.717) is 32.9 Å². The van der Waals surface area contributed by atoms with Crippen LogP contribution >= 0.6 is 0 Å². The molecule has 1 aliphatic rings. The van der Waals surface area contributed by atoms with Crippen LogP contribution in [0.15, 0.2) is 94.7 Å². The van der Waals surface area contributed by atoms with E-state index in [2.05, 4.69) is 28.8 Å². The van der Waals surface area contributed by atoms with Crippen LogP contribution in [0.1, 0.15) is 12.7 Å². The zero-order chi connectivity index (χ0) is 22.3. The highest BCUT2D eigenvalue weighted by atomic mass is 32.2. The highest BCUT2D eigenvalue weighted by Crippen LogP contribution is 2.41. The van der Waals surface area contributed by atoms with Crippen molar-refractivity contribution in [3.8, 4) is 11.4 Å². The SMILES string of the molecule is CCc1nc2cccc3c2n1-c1ccc(-n2c4ccccc4c4ccccc42)cc1S3(=O)=O. The maximum absolute atomic E-state index is 13.8. The van der Waals surface area contributed by atoms with E-state index >= 15 is 0 Å². The molecule has 6 heteroatoms. The lowest BCUT2D eigenvalue weighted by atomic mass is 10.2. The average Bonchev–Trinajstić information content (AvgIpc) is 3.39. The number of aromatic nitrogens is 3.